The molecule has 0 saturated heterocycles. The Bertz CT molecular complexity index is 770. The maximum absolute atomic E-state index is 12.1. The van der Waals surface area contributed by atoms with Crippen LogP contribution in [0.3, 0.4) is 0 Å². The maximum atomic E-state index is 12.1. The van der Waals surface area contributed by atoms with E-state index in [0.717, 1.165) is 0 Å². The van der Waals surface area contributed by atoms with E-state index in [2.05, 4.69) is 11.9 Å². The standard InChI is InChI=1S/C17H15Cl2NO4/c1-3-9-20-16(21)10(2)23-17(22)14-8-7-13(24-14)11-5-4-6-12(18)15(11)19/h3-8,10H,1,9H2,2H3,(H,20,21)/t10-/m1/s1. The van der Waals surface area contributed by atoms with Gasteiger partial charge in [0.15, 0.2) is 6.10 Å². The third-order valence-corrected chi connectivity index (χ3v) is 3.92. The van der Waals surface area contributed by atoms with Gasteiger partial charge in [-0.15, -0.1) is 6.58 Å². The zero-order valence-corrected chi connectivity index (χ0v) is 14.4. The molecule has 2 rings (SSSR count). The van der Waals surface area contributed by atoms with Crippen LogP contribution in [-0.2, 0) is 9.53 Å². The summed E-state index contributed by atoms with van der Waals surface area (Å²) >= 11 is 12.1. The fourth-order valence-corrected chi connectivity index (χ4v) is 2.27. The second-order valence-corrected chi connectivity index (χ2v) is 5.63. The highest BCUT2D eigenvalue weighted by Gasteiger charge is 2.21. The topological polar surface area (TPSA) is 68.5 Å². The summed E-state index contributed by atoms with van der Waals surface area (Å²) in [4.78, 5) is 23.7. The number of hydrogen-bond acceptors (Lipinski definition) is 4. The number of amides is 1. The number of carbonyl (C=O) groups is 2. The molecule has 0 radical (unpaired) electrons. The summed E-state index contributed by atoms with van der Waals surface area (Å²) in [6.07, 6.45) is 0.570. The van der Waals surface area contributed by atoms with Gasteiger partial charge in [0.1, 0.15) is 5.76 Å². The third-order valence-electron chi connectivity index (χ3n) is 3.10. The van der Waals surface area contributed by atoms with Crippen LogP contribution in [0.5, 0.6) is 0 Å². The van der Waals surface area contributed by atoms with Crippen LogP contribution >= 0.6 is 23.2 Å². The van der Waals surface area contributed by atoms with Crippen molar-refractivity contribution in [2.75, 3.05) is 6.54 Å². The minimum Gasteiger partial charge on any atom is -0.449 e. The number of ether oxygens (including phenoxy) is 1. The van der Waals surface area contributed by atoms with Crippen LogP contribution in [0.1, 0.15) is 17.5 Å². The van der Waals surface area contributed by atoms with E-state index in [1.54, 1.807) is 24.3 Å². The number of rotatable bonds is 6. The number of halogens is 2. The number of nitrogens with one attached hydrogen (secondary N) is 1. The van der Waals surface area contributed by atoms with Crippen molar-refractivity contribution in [3.63, 3.8) is 0 Å². The molecule has 0 fully saturated rings. The van der Waals surface area contributed by atoms with Gasteiger partial charge in [-0.3, -0.25) is 4.79 Å². The summed E-state index contributed by atoms with van der Waals surface area (Å²) in [5.41, 5.74) is 0.556. The van der Waals surface area contributed by atoms with Gasteiger partial charge in [0, 0.05) is 12.1 Å². The first kappa shape index (κ1) is 18.1. The second kappa shape index (κ2) is 8.04. The van der Waals surface area contributed by atoms with Crippen molar-refractivity contribution >= 4 is 35.1 Å². The molecule has 1 atom stereocenters. The van der Waals surface area contributed by atoms with E-state index < -0.39 is 18.0 Å². The fourth-order valence-electron chi connectivity index (χ4n) is 1.88. The number of carbonyl (C=O) groups excluding carboxylic acids is 2. The van der Waals surface area contributed by atoms with E-state index in [0.29, 0.717) is 27.9 Å². The molecular weight excluding hydrogens is 353 g/mol. The number of benzene rings is 1. The highest BCUT2D eigenvalue weighted by atomic mass is 35.5. The zero-order chi connectivity index (χ0) is 17.7. The summed E-state index contributed by atoms with van der Waals surface area (Å²) < 4.78 is 10.5. The average molecular weight is 368 g/mol. The maximum Gasteiger partial charge on any atom is 0.375 e. The van der Waals surface area contributed by atoms with Crippen LogP contribution in [0, 0.1) is 0 Å². The normalized spacial score (nSPS) is 11.6. The van der Waals surface area contributed by atoms with E-state index in [4.69, 9.17) is 32.4 Å². The summed E-state index contributed by atoms with van der Waals surface area (Å²) in [5.74, 6) is -0.837. The monoisotopic (exact) mass is 367 g/mol. The summed E-state index contributed by atoms with van der Waals surface area (Å²) in [6.45, 7) is 5.24. The quantitative estimate of drug-likeness (QED) is 0.616. The van der Waals surface area contributed by atoms with Crippen molar-refractivity contribution in [2.45, 2.75) is 13.0 Å². The molecule has 1 N–H and O–H groups in total. The van der Waals surface area contributed by atoms with E-state index in [-0.39, 0.29) is 5.76 Å². The SMILES string of the molecule is C=CCNC(=O)[C@@H](C)OC(=O)c1ccc(-c2cccc(Cl)c2Cl)o1. The molecule has 24 heavy (non-hydrogen) atoms. The Labute approximate surface area is 149 Å². The largest absolute Gasteiger partial charge is 0.449 e. The molecule has 1 aromatic carbocycles. The Hall–Kier alpha value is -2.24. The average Bonchev–Trinajstić information content (AvgIpc) is 3.04. The van der Waals surface area contributed by atoms with Crippen molar-refractivity contribution < 1.29 is 18.7 Å². The van der Waals surface area contributed by atoms with Crippen LogP contribution in [0.4, 0.5) is 0 Å². The first-order valence-electron chi connectivity index (χ1n) is 7.08. The van der Waals surface area contributed by atoms with Gasteiger partial charge in [-0.1, -0.05) is 35.3 Å². The molecule has 7 heteroatoms. The van der Waals surface area contributed by atoms with Gasteiger partial charge in [-0.2, -0.15) is 0 Å². The second-order valence-electron chi connectivity index (χ2n) is 4.85. The van der Waals surface area contributed by atoms with Crippen molar-refractivity contribution in [1.29, 1.82) is 0 Å². The predicted molar refractivity (Wildman–Crippen MR) is 92.2 cm³/mol. The van der Waals surface area contributed by atoms with Gasteiger partial charge >= 0.3 is 5.97 Å². The van der Waals surface area contributed by atoms with Crippen LogP contribution in [-0.4, -0.2) is 24.5 Å². The molecule has 0 saturated carbocycles. The molecule has 1 amide bonds. The van der Waals surface area contributed by atoms with Crippen LogP contribution in [0.25, 0.3) is 11.3 Å². The molecule has 0 aliphatic rings. The van der Waals surface area contributed by atoms with Crippen molar-refractivity contribution in [2.24, 2.45) is 0 Å². The van der Waals surface area contributed by atoms with Gasteiger partial charge in [-0.05, 0) is 31.2 Å². The molecule has 2 aromatic rings. The van der Waals surface area contributed by atoms with Crippen LogP contribution in [0.2, 0.25) is 10.0 Å². The van der Waals surface area contributed by atoms with Gasteiger partial charge in [0.2, 0.25) is 5.76 Å². The molecular formula is C17H15Cl2NO4. The summed E-state index contributed by atoms with van der Waals surface area (Å²) in [6, 6.07) is 8.11. The predicted octanol–water partition coefficient (Wildman–Crippen LogP) is 4.10. The molecule has 0 spiro atoms. The molecule has 1 aromatic heterocycles. The van der Waals surface area contributed by atoms with E-state index in [1.807, 2.05) is 0 Å². The Morgan fingerprint density at radius 1 is 1.33 bits per heavy atom. The fraction of sp³-hybridized carbons (Fsp3) is 0.176. The molecule has 126 valence electrons. The van der Waals surface area contributed by atoms with Crippen molar-refractivity contribution in [3.05, 3.63) is 58.8 Å². The van der Waals surface area contributed by atoms with Gasteiger partial charge in [0.25, 0.3) is 5.91 Å². The molecule has 1 heterocycles. The molecule has 0 unspecified atom stereocenters. The minimum absolute atomic E-state index is 0.0376. The van der Waals surface area contributed by atoms with E-state index >= 15 is 0 Å². The summed E-state index contributed by atoms with van der Waals surface area (Å²) in [5, 5.41) is 3.24. The lowest BCUT2D eigenvalue weighted by Gasteiger charge is -2.11. The lowest BCUT2D eigenvalue weighted by atomic mass is 10.2. The highest BCUT2D eigenvalue weighted by molar-refractivity contribution is 6.43. The number of hydrogen-bond donors (Lipinski definition) is 1. The highest BCUT2D eigenvalue weighted by Crippen LogP contribution is 2.34. The first-order valence-corrected chi connectivity index (χ1v) is 7.83. The first-order chi connectivity index (χ1) is 11.4. The van der Waals surface area contributed by atoms with Crippen molar-refractivity contribution in [3.8, 4) is 11.3 Å². The minimum atomic E-state index is -0.958. The lowest BCUT2D eigenvalue weighted by molar-refractivity contribution is -0.128. The Balaban J connectivity index is 2.10. The third kappa shape index (κ3) is 4.19. The van der Waals surface area contributed by atoms with Crippen LogP contribution in [0.15, 0.2) is 47.4 Å². The Morgan fingerprint density at radius 2 is 2.08 bits per heavy atom. The van der Waals surface area contributed by atoms with E-state index in [9.17, 15) is 9.59 Å². The van der Waals surface area contributed by atoms with E-state index in [1.165, 1.54) is 19.1 Å². The van der Waals surface area contributed by atoms with Crippen LogP contribution < -0.4 is 5.32 Å². The van der Waals surface area contributed by atoms with Gasteiger partial charge in [0.05, 0.1) is 10.0 Å². The Morgan fingerprint density at radius 3 is 2.79 bits per heavy atom. The van der Waals surface area contributed by atoms with Crippen molar-refractivity contribution in [1.82, 2.24) is 5.32 Å². The zero-order valence-electron chi connectivity index (χ0n) is 12.8. The molecule has 0 aliphatic heterocycles. The summed E-state index contributed by atoms with van der Waals surface area (Å²) in [7, 11) is 0. The molecule has 0 bridgehead atoms. The number of furan rings is 1. The molecule has 0 aliphatic carbocycles. The van der Waals surface area contributed by atoms with Gasteiger partial charge in [-0.25, -0.2) is 4.79 Å². The Kier molecular flexibility index (Phi) is 6.06. The molecule has 5 nitrogen and oxygen atoms in total. The van der Waals surface area contributed by atoms with Gasteiger partial charge < -0.3 is 14.5 Å². The number of esters is 1. The lowest BCUT2D eigenvalue weighted by Crippen LogP contribution is -2.35. The smallest absolute Gasteiger partial charge is 0.375 e.